The maximum Gasteiger partial charge on any atom is 0.236 e. The zero-order chi connectivity index (χ0) is 13.3. The Morgan fingerprint density at radius 3 is 2.89 bits per heavy atom. The summed E-state index contributed by atoms with van der Waals surface area (Å²) in [5.74, 6) is 0.679. The molecule has 1 aliphatic rings. The molecule has 1 aliphatic carbocycles. The number of thiazole rings is 1. The van der Waals surface area contributed by atoms with Gasteiger partial charge in [-0.1, -0.05) is 36.7 Å². The summed E-state index contributed by atoms with van der Waals surface area (Å²) >= 11 is 4.78. The zero-order valence-corrected chi connectivity index (χ0v) is 13.4. The minimum absolute atomic E-state index is 0.0338. The monoisotopic (exact) mass is 330 g/mol. The van der Waals surface area contributed by atoms with Crippen molar-refractivity contribution in [1.29, 1.82) is 0 Å². The van der Waals surface area contributed by atoms with Crippen LogP contribution in [-0.2, 0) is 17.6 Å². The Kier molecular flexibility index (Phi) is 4.11. The van der Waals surface area contributed by atoms with Crippen molar-refractivity contribution in [3.05, 3.63) is 10.6 Å². The molecule has 0 aliphatic heterocycles. The smallest absolute Gasteiger partial charge is 0.236 e. The van der Waals surface area contributed by atoms with Crippen LogP contribution >= 0.6 is 27.3 Å². The molecule has 0 fully saturated rings. The van der Waals surface area contributed by atoms with Gasteiger partial charge in [0.15, 0.2) is 5.13 Å². The number of carbonyl (C=O) groups is 1. The number of nitrogens with zero attached hydrogens (tertiary/aromatic N) is 1. The van der Waals surface area contributed by atoms with Crippen molar-refractivity contribution in [2.45, 2.75) is 40.0 Å². The molecule has 1 atom stereocenters. The first kappa shape index (κ1) is 14.0. The van der Waals surface area contributed by atoms with E-state index < -0.39 is 0 Å². The van der Waals surface area contributed by atoms with Crippen LogP contribution in [0.2, 0.25) is 0 Å². The highest BCUT2D eigenvalue weighted by molar-refractivity contribution is 9.09. The highest BCUT2D eigenvalue weighted by Crippen LogP contribution is 2.39. The van der Waals surface area contributed by atoms with Crippen LogP contribution < -0.4 is 5.32 Å². The minimum Gasteiger partial charge on any atom is -0.301 e. The number of alkyl halides is 1. The van der Waals surface area contributed by atoms with Gasteiger partial charge in [0.25, 0.3) is 0 Å². The van der Waals surface area contributed by atoms with Crippen molar-refractivity contribution >= 4 is 38.3 Å². The predicted octanol–water partition coefficient (Wildman–Crippen LogP) is 3.63. The number of rotatable bonds is 2. The van der Waals surface area contributed by atoms with Crippen LogP contribution in [0.4, 0.5) is 5.13 Å². The summed E-state index contributed by atoms with van der Waals surface area (Å²) in [6, 6.07) is 0. The third-order valence-corrected chi connectivity index (χ3v) is 5.08. The summed E-state index contributed by atoms with van der Waals surface area (Å²) in [6.07, 6.45) is 3.34. The summed E-state index contributed by atoms with van der Waals surface area (Å²) in [5.41, 5.74) is 1.53. The molecule has 3 nitrogen and oxygen atoms in total. The van der Waals surface area contributed by atoms with Gasteiger partial charge in [-0.25, -0.2) is 4.98 Å². The van der Waals surface area contributed by atoms with Gasteiger partial charge in [0, 0.05) is 4.88 Å². The predicted molar refractivity (Wildman–Crippen MR) is 79.5 cm³/mol. The summed E-state index contributed by atoms with van der Waals surface area (Å²) in [5, 5.41) is 3.89. The van der Waals surface area contributed by atoms with Crippen LogP contribution in [0.1, 0.15) is 37.8 Å². The molecule has 5 heteroatoms. The maximum absolute atomic E-state index is 11.3. The molecule has 0 bridgehead atoms. The van der Waals surface area contributed by atoms with Crippen LogP contribution in [0.15, 0.2) is 0 Å². The van der Waals surface area contributed by atoms with Gasteiger partial charge < -0.3 is 5.32 Å². The first-order valence-electron chi connectivity index (χ1n) is 6.24. The number of hydrogen-bond acceptors (Lipinski definition) is 3. The molecule has 0 aromatic carbocycles. The minimum atomic E-state index is -0.0338. The number of anilines is 1. The van der Waals surface area contributed by atoms with Gasteiger partial charge in [-0.2, -0.15) is 0 Å². The van der Waals surface area contributed by atoms with E-state index >= 15 is 0 Å². The summed E-state index contributed by atoms with van der Waals surface area (Å²) in [4.78, 5) is 17.2. The van der Waals surface area contributed by atoms with E-state index in [0.29, 0.717) is 16.7 Å². The van der Waals surface area contributed by atoms with Gasteiger partial charge >= 0.3 is 0 Å². The van der Waals surface area contributed by atoms with Crippen molar-refractivity contribution in [3.63, 3.8) is 0 Å². The van der Waals surface area contributed by atoms with Gasteiger partial charge in [-0.3, -0.25) is 4.79 Å². The van der Waals surface area contributed by atoms with Crippen LogP contribution in [0, 0.1) is 11.3 Å². The Morgan fingerprint density at radius 2 is 2.28 bits per heavy atom. The summed E-state index contributed by atoms with van der Waals surface area (Å²) in [6.45, 7) is 6.91. The maximum atomic E-state index is 11.3. The number of aromatic nitrogens is 1. The number of amides is 1. The molecular formula is C13H19BrN2OS. The standard InChI is InChI=1S/C13H19BrN2OS/c1-13(2,3)8-4-5-9-10(6-8)18-12(15-9)16-11(17)7-14/h8H,4-7H2,1-3H3,(H,15,16,17). The average molecular weight is 331 g/mol. The van der Waals surface area contributed by atoms with Crippen molar-refractivity contribution in [2.24, 2.45) is 11.3 Å². The summed E-state index contributed by atoms with van der Waals surface area (Å²) < 4.78 is 0. The quantitative estimate of drug-likeness (QED) is 0.841. The highest BCUT2D eigenvalue weighted by atomic mass is 79.9. The van der Waals surface area contributed by atoms with Crippen LogP contribution in [-0.4, -0.2) is 16.2 Å². The second-order valence-electron chi connectivity index (χ2n) is 5.88. The van der Waals surface area contributed by atoms with Crippen molar-refractivity contribution in [2.75, 3.05) is 10.6 Å². The Balaban J connectivity index is 2.11. The zero-order valence-electron chi connectivity index (χ0n) is 11.0. The lowest BCUT2D eigenvalue weighted by molar-refractivity contribution is -0.113. The van der Waals surface area contributed by atoms with Crippen LogP contribution in [0.25, 0.3) is 0 Å². The van der Waals surface area contributed by atoms with E-state index in [1.807, 2.05) is 0 Å². The van der Waals surface area contributed by atoms with Gasteiger partial charge in [0.2, 0.25) is 5.91 Å². The Hall–Kier alpha value is -0.420. The molecule has 1 aromatic rings. The van der Waals surface area contributed by atoms with Crippen molar-refractivity contribution in [3.8, 4) is 0 Å². The Morgan fingerprint density at radius 1 is 1.56 bits per heavy atom. The van der Waals surface area contributed by atoms with Crippen LogP contribution in [0.5, 0.6) is 0 Å². The molecule has 0 saturated heterocycles. The highest BCUT2D eigenvalue weighted by Gasteiger charge is 2.30. The van der Waals surface area contributed by atoms with Gasteiger partial charge in [-0.05, 0) is 30.6 Å². The van der Waals surface area contributed by atoms with E-state index in [4.69, 9.17) is 0 Å². The number of nitrogens with one attached hydrogen (secondary N) is 1. The number of aryl methyl sites for hydroxylation is 1. The lowest BCUT2D eigenvalue weighted by atomic mass is 9.73. The molecule has 1 aromatic heterocycles. The van der Waals surface area contributed by atoms with E-state index in [1.165, 1.54) is 17.0 Å². The normalized spacial score (nSPS) is 19.4. The molecule has 1 unspecified atom stereocenters. The lowest BCUT2D eigenvalue weighted by Gasteiger charge is -2.33. The third kappa shape index (κ3) is 3.12. The first-order valence-corrected chi connectivity index (χ1v) is 8.18. The summed E-state index contributed by atoms with van der Waals surface area (Å²) in [7, 11) is 0. The number of carbonyl (C=O) groups excluding carboxylic acids is 1. The van der Waals surface area contributed by atoms with E-state index in [-0.39, 0.29) is 5.91 Å². The van der Waals surface area contributed by atoms with Crippen molar-refractivity contribution < 1.29 is 4.79 Å². The lowest BCUT2D eigenvalue weighted by Crippen LogP contribution is -2.26. The van der Waals surface area contributed by atoms with Gasteiger partial charge in [-0.15, -0.1) is 11.3 Å². The van der Waals surface area contributed by atoms with Gasteiger partial charge in [0.05, 0.1) is 11.0 Å². The molecule has 1 amide bonds. The largest absolute Gasteiger partial charge is 0.301 e. The molecule has 2 rings (SSSR count). The SMILES string of the molecule is CC(C)(C)C1CCc2nc(NC(=O)CBr)sc2C1. The van der Waals surface area contributed by atoms with Crippen LogP contribution in [0.3, 0.4) is 0 Å². The average Bonchev–Trinajstić information content (AvgIpc) is 2.68. The Bertz CT molecular complexity index is 450. The molecule has 1 N–H and O–H groups in total. The van der Waals surface area contributed by atoms with Crippen molar-refractivity contribution in [1.82, 2.24) is 4.98 Å². The molecule has 1 heterocycles. The first-order chi connectivity index (χ1) is 8.40. The topological polar surface area (TPSA) is 42.0 Å². The fourth-order valence-electron chi connectivity index (χ4n) is 2.32. The number of halogens is 1. The molecule has 0 saturated carbocycles. The van der Waals surface area contributed by atoms with E-state index in [2.05, 4.69) is 47.0 Å². The molecule has 0 radical (unpaired) electrons. The van der Waals surface area contributed by atoms with Gasteiger partial charge in [0.1, 0.15) is 0 Å². The molecule has 100 valence electrons. The fraction of sp³-hybridized carbons (Fsp3) is 0.692. The second kappa shape index (κ2) is 5.29. The van der Waals surface area contributed by atoms with E-state index in [1.54, 1.807) is 11.3 Å². The molecular weight excluding hydrogens is 312 g/mol. The van der Waals surface area contributed by atoms with E-state index in [0.717, 1.165) is 18.0 Å². The Labute approximate surface area is 121 Å². The molecule has 18 heavy (non-hydrogen) atoms. The number of fused-ring (bicyclic) bond motifs is 1. The number of hydrogen-bond donors (Lipinski definition) is 1. The molecule has 0 spiro atoms. The second-order valence-corrected chi connectivity index (χ2v) is 7.52. The third-order valence-electron chi connectivity index (χ3n) is 3.53. The van der Waals surface area contributed by atoms with E-state index in [9.17, 15) is 4.79 Å². The fourth-order valence-corrected chi connectivity index (χ4v) is 3.56.